The van der Waals surface area contributed by atoms with Gasteiger partial charge in [0.05, 0.1) is 0 Å². The molecule has 0 spiro atoms. The summed E-state index contributed by atoms with van der Waals surface area (Å²) < 4.78 is 19.5. The number of carboxylic acids is 2. The summed E-state index contributed by atoms with van der Waals surface area (Å²) in [6.07, 6.45) is -3.70. The van der Waals surface area contributed by atoms with Crippen LogP contribution in [-0.2, 0) is 35.1 Å². The molecule has 0 aliphatic carbocycles. The normalized spacial score (nSPS) is 26.3. The van der Waals surface area contributed by atoms with E-state index >= 15 is 0 Å². The van der Waals surface area contributed by atoms with Gasteiger partial charge in [-0.2, -0.15) is 0 Å². The van der Waals surface area contributed by atoms with E-state index in [1.54, 1.807) is 6.92 Å². The second-order valence-electron chi connectivity index (χ2n) is 10.5. The Morgan fingerprint density at radius 1 is 1.20 bits per heavy atom. The van der Waals surface area contributed by atoms with E-state index in [-0.39, 0.29) is 22.6 Å². The van der Waals surface area contributed by atoms with Crippen LogP contribution in [0.15, 0.2) is 17.0 Å². The van der Waals surface area contributed by atoms with Crippen molar-refractivity contribution >= 4 is 40.8 Å². The van der Waals surface area contributed by atoms with E-state index in [1.165, 1.54) is 20.9 Å². The number of carbonyl (C=O) groups excluding carboxylic acids is 3. The molecule has 246 valence electrons. The SMILES string of the molecule is CC[C@@]1(C)Oc2cc(c([S+]([O-])C[C@@H](O)C[C@H](N)C(=O)O)cc2O)[C@@H](O)[C@H](NC)C(=O)N[C@@H](C)C(=O)N[C@@H]1C(=O)NCC(=O)O. The number of aliphatic hydroxyl groups is 2. The van der Waals surface area contributed by atoms with Crippen LogP contribution in [0, 0.1) is 0 Å². The molecule has 18 heteroatoms. The maximum atomic E-state index is 13.4. The molecule has 3 amide bonds. The molecule has 8 atom stereocenters. The van der Waals surface area contributed by atoms with Gasteiger partial charge in [-0.3, -0.25) is 24.0 Å². The van der Waals surface area contributed by atoms with Crippen LogP contribution in [0.5, 0.6) is 11.5 Å². The van der Waals surface area contributed by atoms with E-state index in [2.05, 4.69) is 21.3 Å². The van der Waals surface area contributed by atoms with Crippen LogP contribution >= 0.6 is 0 Å². The van der Waals surface area contributed by atoms with Gasteiger partial charge in [-0.1, -0.05) is 6.92 Å². The predicted octanol–water partition coefficient (Wildman–Crippen LogP) is -2.96. The fourth-order valence-electron chi connectivity index (χ4n) is 4.40. The van der Waals surface area contributed by atoms with Gasteiger partial charge in [-0.15, -0.1) is 0 Å². The third kappa shape index (κ3) is 8.93. The molecule has 0 radical (unpaired) electrons. The van der Waals surface area contributed by atoms with Crippen LogP contribution < -0.4 is 31.7 Å². The number of hydrogen-bond acceptors (Lipinski definition) is 12. The number of carboxylic acid groups (broad SMARTS) is 2. The number of hydrogen-bond donors (Lipinski definition) is 10. The Bertz CT molecular complexity index is 1250. The molecule has 17 nitrogen and oxygen atoms in total. The van der Waals surface area contributed by atoms with Gasteiger partial charge >= 0.3 is 11.9 Å². The van der Waals surface area contributed by atoms with Crippen molar-refractivity contribution in [2.45, 2.75) is 80.5 Å². The summed E-state index contributed by atoms with van der Waals surface area (Å²) in [5, 5.41) is 60.3. The van der Waals surface area contributed by atoms with Gasteiger partial charge in [0.15, 0.2) is 16.4 Å². The molecule has 11 N–H and O–H groups in total. The number of benzene rings is 1. The number of aliphatic carboxylic acids is 2. The summed E-state index contributed by atoms with van der Waals surface area (Å²) in [7, 11) is 1.33. The number of aromatic hydroxyl groups is 1. The number of ether oxygens (including phenoxy) is 1. The zero-order valence-corrected chi connectivity index (χ0v) is 25.3. The highest BCUT2D eigenvalue weighted by Crippen LogP contribution is 2.39. The number of phenolic OH excluding ortho intramolecular Hbond substituents is 1. The molecule has 44 heavy (non-hydrogen) atoms. The maximum absolute atomic E-state index is 13.4. The summed E-state index contributed by atoms with van der Waals surface area (Å²) in [6.45, 7) is 3.51. The Balaban J connectivity index is 2.71. The molecular formula is C26H39N5O12S. The summed E-state index contributed by atoms with van der Waals surface area (Å²) in [6, 6.07) is -3.70. The van der Waals surface area contributed by atoms with E-state index < -0.39 is 107 Å². The van der Waals surface area contributed by atoms with E-state index in [0.29, 0.717) is 0 Å². The number of carbonyl (C=O) groups is 5. The van der Waals surface area contributed by atoms with Crippen molar-refractivity contribution in [3.05, 3.63) is 17.7 Å². The lowest BCUT2D eigenvalue weighted by Gasteiger charge is -2.37. The van der Waals surface area contributed by atoms with E-state index in [9.17, 15) is 43.8 Å². The third-order valence-electron chi connectivity index (χ3n) is 7.12. The molecule has 2 bridgehead atoms. The topological polar surface area (TPSA) is 293 Å². The molecule has 0 saturated heterocycles. The lowest BCUT2D eigenvalue weighted by molar-refractivity contribution is -0.140. The zero-order chi connectivity index (χ0) is 33.5. The van der Waals surface area contributed by atoms with Crippen molar-refractivity contribution in [1.82, 2.24) is 21.3 Å². The quantitative estimate of drug-likeness (QED) is 0.108. The molecule has 1 aromatic carbocycles. The second-order valence-corrected chi connectivity index (χ2v) is 11.9. The minimum atomic E-state index is -2.20. The first-order chi connectivity index (χ1) is 20.4. The van der Waals surface area contributed by atoms with Crippen LogP contribution in [0.4, 0.5) is 0 Å². The standard InChI is InChI=1S/C26H39N5O12S/c1-5-26(3)21(24(39)29-9-18(34)35)31-22(37)11(2)30-23(38)19(28-4)20(36)13-7-16(43-26)15(33)8-17(13)44(42)10-12(32)6-14(27)25(40)41/h7-8,11-12,14,19-21,28,32-33,36H,5-6,9-10,27H2,1-4H3,(H,29,39)(H,30,38)(H,31,37)(H,34,35)(H,40,41)/t11-,12-,14-,19-,20+,21+,26+,44?/m0/s1. The Morgan fingerprint density at radius 3 is 2.39 bits per heavy atom. The van der Waals surface area contributed by atoms with E-state index in [0.717, 1.165) is 12.1 Å². The summed E-state index contributed by atoms with van der Waals surface area (Å²) in [4.78, 5) is 61.3. The first kappa shape index (κ1) is 36.5. The Labute approximate surface area is 255 Å². The molecule has 0 saturated carbocycles. The van der Waals surface area contributed by atoms with Gasteiger partial charge < -0.3 is 61.8 Å². The van der Waals surface area contributed by atoms with Crippen molar-refractivity contribution in [2.24, 2.45) is 5.73 Å². The number of amides is 3. The predicted molar refractivity (Wildman–Crippen MR) is 153 cm³/mol. The lowest BCUT2D eigenvalue weighted by Crippen LogP contribution is -2.64. The lowest BCUT2D eigenvalue weighted by atomic mass is 9.91. The molecule has 1 unspecified atom stereocenters. The van der Waals surface area contributed by atoms with Crippen molar-refractivity contribution in [2.75, 3.05) is 19.3 Å². The molecule has 0 fully saturated rings. The van der Waals surface area contributed by atoms with Crippen molar-refractivity contribution < 1.29 is 58.8 Å². The first-order valence-electron chi connectivity index (χ1n) is 13.5. The van der Waals surface area contributed by atoms with Gasteiger partial charge in [-0.05, 0) is 44.6 Å². The Hall–Kier alpha value is -3.68. The van der Waals surface area contributed by atoms with Crippen LogP contribution in [0.25, 0.3) is 0 Å². The second kappa shape index (κ2) is 15.4. The van der Waals surface area contributed by atoms with Crippen molar-refractivity contribution in [3.8, 4) is 11.5 Å². The number of fused-ring (bicyclic) bond motifs is 2. The monoisotopic (exact) mass is 645 g/mol. The van der Waals surface area contributed by atoms with Crippen LogP contribution in [0.3, 0.4) is 0 Å². The minimum absolute atomic E-state index is 0.000642. The van der Waals surface area contributed by atoms with Gasteiger partial charge in [0.1, 0.15) is 54.3 Å². The van der Waals surface area contributed by atoms with Crippen LogP contribution in [0.1, 0.15) is 45.3 Å². The maximum Gasteiger partial charge on any atom is 0.322 e. The van der Waals surface area contributed by atoms with Gasteiger partial charge in [-0.25, -0.2) is 0 Å². The number of likely N-dealkylation sites (N-methyl/N-ethyl adjacent to an activating group) is 1. The average molecular weight is 646 g/mol. The largest absolute Gasteiger partial charge is 0.611 e. The Morgan fingerprint density at radius 2 is 1.84 bits per heavy atom. The number of phenols is 1. The van der Waals surface area contributed by atoms with Gasteiger partial charge in [0.2, 0.25) is 17.7 Å². The average Bonchev–Trinajstić information content (AvgIpc) is 2.94. The number of nitrogens with two attached hydrogens (primary N) is 1. The summed E-state index contributed by atoms with van der Waals surface area (Å²) >= 11 is -2.20. The highest BCUT2D eigenvalue weighted by molar-refractivity contribution is 7.91. The van der Waals surface area contributed by atoms with E-state index in [1.807, 2.05) is 0 Å². The highest BCUT2D eigenvalue weighted by atomic mass is 32.2. The molecule has 1 aliphatic rings. The highest BCUT2D eigenvalue weighted by Gasteiger charge is 2.44. The number of rotatable bonds is 11. The molecule has 1 aromatic rings. The molecule has 1 aliphatic heterocycles. The number of nitrogens with one attached hydrogen (secondary N) is 4. The molecule has 1 heterocycles. The first-order valence-corrected chi connectivity index (χ1v) is 14.8. The smallest absolute Gasteiger partial charge is 0.322 e. The van der Waals surface area contributed by atoms with Crippen LogP contribution in [-0.4, -0.2) is 115 Å². The van der Waals surface area contributed by atoms with Gasteiger partial charge in [0, 0.05) is 18.1 Å². The summed E-state index contributed by atoms with van der Waals surface area (Å²) in [5.41, 5.74) is 3.59. The van der Waals surface area contributed by atoms with E-state index in [4.69, 9.17) is 20.7 Å². The fourth-order valence-corrected chi connectivity index (χ4v) is 5.75. The minimum Gasteiger partial charge on any atom is -0.611 e. The fraction of sp³-hybridized carbons (Fsp3) is 0.577. The van der Waals surface area contributed by atoms with Crippen molar-refractivity contribution in [1.29, 1.82) is 0 Å². The molecular weight excluding hydrogens is 606 g/mol. The zero-order valence-electron chi connectivity index (χ0n) is 24.5. The van der Waals surface area contributed by atoms with Crippen LogP contribution in [0.2, 0.25) is 0 Å². The molecule has 2 rings (SSSR count). The van der Waals surface area contributed by atoms with Gasteiger partial charge in [0.25, 0.3) is 0 Å². The molecule has 0 aromatic heterocycles. The van der Waals surface area contributed by atoms with Crippen molar-refractivity contribution in [3.63, 3.8) is 0 Å². The summed E-state index contributed by atoms with van der Waals surface area (Å²) in [5.74, 6) is -6.97. The number of aliphatic hydroxyl groups excluding tert-OH is 2. The Kier molecular flexibility index (Phi) is 12.7. The third-order valence-corrected chi connectivity index (χ3v) is 8.65.